The number of methoxy groups -OCH3 is 1. The normalized spacial score (nSPS) is 14.0. The second-order valence-corrected chi connectivity index (χ2v) is 13.3. The maximum Gasteiger partial charge on any atom is 0.337 e. The van der Waals surface area contributed by atoms with Crippen molar-refractivity contribution >= 4 is 60.1 Å². The molecule has 2 aromatic carbocycles. The Bertz CT molecular complexity index is 2090. The van der Waals surface area contributed by atoms with Crippen molar-refractivity contribution in [3.05, 3.63) is 82.3 Å². The zero-order chi connectivity index (χ0) is 31.8. The Kier molecular flexibility index (Phi) is 8.05. The Morgan fingerprint density at radius 3 is 2.45 bits per heavy atom. The summed E-state index contributed by atoms with van der Waals surface area (Å²) < 4.78 is 66.4. The number of benzene rings is 2. The molecule has 2 aromatic heterocycles. The molecule has 0 bridgehead atoms. The fourth-order valence-electron chi connectivity index (χ4n) is 4.53. The zero-order valence-corrected chi connectivity index (χ0v) is 25.4. The van der Waals surface area contributed by atoms with Gasteiger partial charge in [-0.3, -0.25) is 18.8 Å². The van der Waals surface area contributed by atoms with Gasteiger partial charge in [-0.25, -0.2) is 9.78 Å². The Morgan fingerprint density at radius 1 is 1.09 bits per heavy atom. The van der Waals surface area contributed by atoms with Crippen LogP contribution >= 0.6 is 0 Å². The van der Waals surface area contributed by atoms with Crippen molar-refractivity contribution in [2.45, 2.75) is 31.7 Å². The number of carbonyl (C=O) groups excluding carboxylic acids is 1. The van der Waals surface area contributed by atoms with Crippen LogP contribution in [0.4, 0.5) is 17.1 Å². The molecule has 0 saturated heterocycles. The van der Waals surface area contributed by atoms with Gasteiger partial charge in [0, 0.05) is 12.7 Å². The monoisotopic (exact) mass is 640 g/mol. The van der Waals surface area contributed by atoms with Crippen molar-refractivity contribution in [2.75, 3.05) is 21.9 Å². The number of aromatic nitrogens is 2. The van der Waals surface area contributed by atoms with Crippen LogP contribution in [-0.2, 0) is 31.5 Å². The number of anilines is 3. The molecule has 1 aliphatic rings. The minimum Gasteiger partial charge on any atom is -0.506 e. The fourth-order valence-corrected chi connectivity index (χ4v) is 6.61. The van der Waals surface area contributed by atoms with Gasteiger partial charge in [0.1, 0.15) is 21.9 Å². The maximum absolute atomic E-state index is 13.6. The van der Waals surface area contributed by atoms with E-state index in [1.807, 2.05) is 13.8 Å². The molecule has 4 aromatic rings. The number of nitrogens with zero attached hydrogens (tertiary/aromatic N) is 3. The van der Waals surface area contributed by atoms with Crippen LogP contribution in [0, 0.1) is 5.92 Å². The summed E-state index contributed by atoms with van der Waals surface area (Å²) in [7, 11) is -7.49. The first-order chi connectivity index (χ1) is 20.8. The van der Waals surface area contributed by atoms with Gasteiger partial charge in [0.15, 0.2) is 5.84 Å². The van der Waals surface area contributed by atoms with Crippen molar-refractivity contribution in [2.24, 2.45) is 10.3 Å². The summed E-state index contributed by atoms with van der Waals surface area (Å²) in [6.07, 6.45) is 2.12. The van der Waals surface area contributed by atoms with Gasteiger partial charge < -0.3 is 15.2 Å². The number of rotatable bonds is 9. The standard InChI is InChI=1S/C28H28N6O8S2/c1-16(2)12-14-34-26-20(5-4-13-29-26)24(35)23(27(34)36)25-30-21-11-10-19(15-22(21)43(38,39)33-25)32-44(40,41)31-18-8-6-17(7-9-18)28(37)42-3/h4-11,13,15-16,31-32,35H,12,14H2,1-3H3,(H,30,33). The van der Waals surface area contributed by atoms with Gasteiger partial charge >= 0.3 is 16.2 Å². The lowest BCUT2D eigenvalue weighted by Gasteiger charge is -2.21. The highest BCUT2D eigenvalue weighted by molar-refractivity contribution is 7.94. The molecule has 0 saturated carbocycles. The second-order valence-electron chi connectivity index (χ2n) is 10.3. The van der Waals surface area contributed by atoms with E-state index in [9.17, 15) is 31.5 Å². The quantitative estimate of drug-likeness (QED) is 0.197. The number of carbonyl (C=O) groups is 1. The minimum atomic E-state index is -4.47. The molecular formula is C28H28N6O8S2. The van der Waals surface area contributed by atoms with Crippen LogP contribution in [0.1, 0.15) is 36.2 Å². The Hall–Kier alpha value is -4.96. The van der Waals surface area contributed by atoms with Crippen LogP contribution in [0.2, 0.25) is 0 Å². The average molecular weight is 641 g/mol. The number of hydrogen-bond donors (Lipinski definition) is 4. The smallest absolute Gasteiger partial charge is 0.337 e. The predicted octanol–water partition coefficient (Wildman–Crippen LogP) is 3.26. The molecule has 230 valence electrons. The highest BCUT2D eigenvalue weighted by Crippen LogP contribution is 2.34. The maximum atomic E-state index is 13.6. The molecule has 0 atom stereocenters. The number of amidine groups is 1. The molecule has 1 aliphatic heterocycles. The summed E-state index contributed by atoms with van der Waals surface area (Å²) in [5.41, 5.74) is -0.478. The topological polar surface area (TPSA) is 198 Å². The van der Waals surface area contributed by atoms with Gasteiger partial charge in [-0.15, -0.1) is 4.40 Å². The van der Waals surface area contributed by atoms with E-state index in [2.05, 4.69) is 28.9 Å². The lowest BCUT2D eigenvalue weighted by atomic mass is 10.1. The lowest BCUT2D eigenvalue weighted by Crippen LogP contribution is -2.33. The van der Waals surface area contributed by atoms with Gasteiger partial charge in [-0.2, -0.15) is 16.8 Å². The third-order valence-electron chi connectivity index (χ3n) is 6.69. The Morgan fingerprint density at radius 2 is 1.77 bits per heavy atom. The highest BCUT2D eigenvalue weighted by atomic mass is 32.2. The number of nitrogens with one attached hydrogen (secondary N) is 3. The molecule has 14 nitrogen and oxygen atoms in total. The van der Waals surface area contributed by atoms with Crippen molar-refractivity contribution in [1.29, 1.82) is 0 Å². The summed E-state index contributed by atoms with van der Waals surface area (Å²) in [5, 5.41) is 14.1. The zero-order valence-electron chi connectivity index (χ0n) is 23.7. The van der Waals surface area contributed by atoms with Gasteiger partial charge in [-0.1, -0.05) is 13.8 Å². The van der Waals surface area contributed by atoms with Gasteiger partial charge in [-0.05, 0) is 66.9 Å². The third kappa shape index (κ3) is 6.07. The van der Waals surface area contributed by atoms with Crippen LogP contribution in [0.5, 0.6) is 5.75 Å². The van der Waals surface area contributed by atoms with Crippen molar-refractivity contribution < 1.29 is 31.5 Å². The summed E-state index contributed by atoms with van der Waals surface area (Å²) in [6, 6.07) is 12.3. The number of ether oxygens (including phenoxy) is 1. The average Bonchev–Trinajstić information content (AvgIpc) is 2.96. The van der Waals surface area contributed by atoms with E-state index in [-0.39, 0.29) is 62.4 Å². The van der Waals surface area contributed by atoms with Crippen LogP contribution in [-0.4, -0.2) is 50.4 Å². The Labute approximate surface area is 252 Å². The summed E-state index contributed by atoms with van der Waals surface area (Å²) in [6.45, 7) is 4.26. The van der Waals surface area contributed by atoms with Gasteiger partial charge in [0.2, 0.25) is 0 Å². The van der Waals surface area contributed by atoms with Crippen molar-refractivity contribution in [3.63, 3.8) is 0 Å². The number of fused-ring (bicyclic) bond motifs is 2. The second kappa shape index (κ2) is 11.6. The van der Waals surface area contributed by atoms with Gasteiger partial charge in [0.05, 0.1) is 35.1 Å². The molecule has 0 spiro atoms. The summed E-state index contributed by atoms with van der Waals surface area (Å²) in [5.74, 6) is -1.19. The molecule has 0 aliphatic carbocycles. The van der Waals surface area contributed by atoms with E-state index in [1.165, 1.54) is 54.3 Å². The van der Waals surface area contributed by atoms with E-state index in [1.54, 1.807) is 12.1 Å². The highest BCUT2D eigenvalue weighted by Gasteiger charge is 2.31. The first kappa shape index (κ1) is 30.5. The number of aryl methyl sites for hydroxylation is 1. The lowest BCUT2D eigenvalue weighted by molar-refractivity contribution is 0.0600. The first-order valence-corrected chi connectivity index (χ1v) is 16.2. The molecule has 0 fully saturated rings. The number of aromatic hydroxyl groups is 1. The minimum absolute atomic E-state index is 0.0168. The van der Waals surface area contributed by atoms with E-state index in [4.69, 9.17) is 0 Å². The molecular weight excluding hydrogens is 612 g/mol. The molecule has 0 amide bonds. The van der Waals surface area contributed by atoms with Crippen LogP contribution in [0.15, 0.2) is 74.9 Å². The molecule has 44 heavy (non-hydrogen) atoms. The van der Waals surface area contributed by atoms with E-state index < -0.39 is 37.5 Å². The fraction of sp³-hybridized carbons (Fsp3) is 0.214. The predicted molar refractivity (Wildman–Crippen MR) is 165 cm³/mol. The van der Waals surface area contributed by atoms with Crippen LogP contribution in [0.25, 0.3) is 11.0 Å². The van der Waals surface area contributed by atoms with E-state index in [0.717, 1.165) is 6.07 Å². The molecule has 16 heteroatoms. The van der Waals surface area contributed by atoms with Crippen molar-refractivity contribution in [3.8, 4) is 5.75 Å². The van der Waals surface area contributed by atoms with E-state index in [0.29, 0.717) is 6.42 Å². The molecule has 5 rings (SSSR count). The van der Waals surface area contributed by atoms with Crippen LogP contribution < -0.4 is 20.3 Å². The first-order valence-electron chi connectivity index (χ1n) is 13.3. The SMILES string of the molecule is COC(=O)c1ccc(NS(=O)(=O)Nc2ccc3c(c2)S(=O)(=O)N=C(c2c(O)c4cccnc4n(CCC(C)C)c2=O)N3)cc1. The number of hydrogen-bond acceptors (Lipinski definition) is 10. The molecule has 4 N–H and O–H groups in total. The number of pyridine rings is 2. The van der Waals surface area contributed by atoms with Gasteiger partial charge in [0.25, 0.3) is 15.6 Å². The van der Waals surface area contributed by atoms with Crippen molar-refractivity contribution in [1.82, 2.24) is 9.55 Å². The van der Waals surface area contributed by atoms with Crippen LogP contribution in [0.3, 0.4) is 0 Å². The number of sulfonamides is 1. The number of esters is 1. The molecule has 0 radical (unpaired) electrons. The summed E-state index contributed by atoms with van der Waals surface area (Å²) in [4.78, 5) is 29.1. The third-order valence-corrected chi connectivity index (χ3v) is 9.02. The Balaban J connectivity index is 1.46. The largest absolute Gasteiger partial charge is 0.506 e. The van der Waals surface area contributed by atoms with E-state index >= 15 is 0 Å². The molecule has 3 heterocycles. The summed E-state index contributed by atoms with van der Waals surface area (Å²) >= 11 is 0. The molecule has 0 unspecified atom stereocenters.